The molecule has 0 N–H and O–H groups in total. The lowest BCUT2D eigenvalue weighted by Crippen LogP contribution is -2.29. The Kier molecular flexibility index (Phi) is 4.02. The van der Waals surface area contributed by atoms with Crippen molar-refractivity contribution in [3.63, 3.8) is 0 Å². The van der Waals surface area contributed by atoms with Crippen molar-refractivity contribution in [2.75, 3.05) is 7.05 Å². The molecule has 8 heteroatoms. The third kappa shape index (κ3) is 3.16. The Bertz CT molecular complexity index is 641. The van der Waals surface area contributed by atoms with Gasteiger partial charge in [0, 0.05) is 23.8 Å². The van der Waals surface area contributed by atoms with Crippen LogP contribution in [0.1, 0.15) is 23.2 Å². The maximum Gasteiger partial charge on any atom is 0.261 e. The highest BCUT2D eigenvalue weighted by Gasteiger charge is 2.32. The standard InChI is InChI=1S/C11H10Cl3NO3S/c1-15(6-2-3-6)11(16)8-4-7(19(14,17)18)5-9(12)10(8)13/h4-6H,2-3H2,1H3. The first kappa shape index (κ1) is 14.9. The summed E-state index contributed by atoms with van der Waals surface area (Å²) >= 11 is 11.8. The summed E-state index contributed by atoms with van der Waals surface area (Å²) in [7, 11) is 2.93. The van der Waals surface area contributed by atoms with Crippen LogP contribution in [-0.2, 0) is 9.05 Å². The molecule has 0 saturated heterocycles. The highest BCUT2D eigenvalue weighted by Crippen LogP contribution is 2.33. The van der Waals surface area contributed by atoms with E-state index in [4.69, 9.17) is 33.9 Å². The van der Waals surface area contributed by atoms with Gasteiger partial charge in [-0.15, -0.1) is 0 Å². The number of hydrogen-bond acceptors (Lipinski definition) is 3. The smallest absolute Gasteiger partial charge is 0.261 e. The molecule has 1 amide bonds. The van der Waals surface area contributed by atoms with E-state index in [1.165, 1.54) is 4.90 Å². The first-order valence-electron chi connectivity index (χ1n) is 5.42. The van der Waals surface area contributed by atoms with Crippen LogP contribution in [0.15, 0.2) is 17.0 Å². The minimum Gasteiger partial charge on any atom is -0.339 e. The molecule has 19 heavy (non-hydrogen) atoms. The molecule has 104 valence electrons. The molecule has 1 aliphatic carbocycles. The second-order valence-electron chi connectivity index (χ2n) is 4.35. The molecule has 0 bridgehead atoms. The van der Waals surface area contributed by atoms with E-state index in [0.717, 1.165) is 25.0 Å². The monoisotopic (exact) mass is 341 g/mol. The zero-order valence-electron chi connectivity index (χ0n) is 9.86. The van der Waals surface area contributed by atoms with Gasteiger partial charge >= 0.3 is 0 Å². The summed E-state index contributed by atoms with van der Waals surface area (Å²) in [6.07, 6.45) is 1.86. The van der Waals surface area contributed by atoms with Crippen LogP contribution in [0.3, 0.4) is 0 Å². The molecular weight excluding hydrogens is 333 g/mol. The Balaban J connectivity index is 2.49. The average molecular weight is 343 g/mol. The Hall–Kier alpha value is -0.490. The lowest BCUT2D eigenvalue weighted by Gasteiger charge is -2.17. The summed E-state index contributed by atoms with van der Waals surface area (Å²) in [6.45, 7) is 0. The van der Waals surface area contributed by atoms with E-state index in [2.05, 4.69) is 0 Å². The van der Waals surface area contributed by atoms with E-state index in [1.54, 1.807) is 7.05 Å². The Morgan fingerprint density at radius 3 is 2.37 bits per heavy atom. The summed E-state index contributed by atoms with van der Waals surface area (Å²) in [5, 5.41) is 0.0131. The van der Waals surface area contributed by atoms with E-state index in [0.29, 0.717) is 0 Å². The number of hydrogen-bond donors (Lipinski definition) is 0. The third-order valence-electron chi connectivity index (χ3n) is 2.93. The Morgan fingerprint density at radius 1 is 1.32 bits per heavy atom. The maximum absolute atomic E-state index is 12.2. The van der Waals surface area contributed by atoms with Gasteiger partial charge in [0.1, 0.15) is 0 Å². The molecule has 1 fully saturated rings. The Labute approximate surface area is 125 Å². The predicted octanol–water partition coefficient (Wildman–Crippen LogP) is 3.16. The van der Waals surface area contributed by atoms with Crippen molar-refractivity contribution in [2.45, 2.75) is 23.8 Å². The van der Waals surface area contributed by atoms with E-state index >= 15 is 0 Å². The van der Waals surface area contributed by atoms with Crippen LogP contribution < -0.4 is 0 Å². The molecule has 0 heterocycles. The lowest BCUT2D eigenvalue weighted by atomic mass is 10.2. The van der Waals surface area contributed by atoms with Gasteiger partial charge in [-0.3, -0.25) is 4.79 Å². The van der Waals surface area contributed by atoms with Crippen LogP contribution in [0.5, 0.6) is 0 Å². The molecule has 1 saturated carbocycles. The van der Waals surface area contributed by atoms with E-state index in [-0.39, 0.29) is 32.5 Å². The molecule has 0 aliphatic heterocycles. The van der Waals surface area contributed by atoms with Gasteiger partial charge in [0.2, 0.25) is 0 Å². The molecule has 4 nitrogen and oxygen atoms in total. The third-order valence-corrected chi connectivity index (χ3v) is 5.06. The highest BCUT2D eigenvalue weighted by molar-refractivity contribution is 8.13. The number of nitrogens with zero attached hydrogens (tertiary/aromatic N) is 1. The molecule has 0 aromatic heterocycles. The normalized spacial score (nSPS) is 15.4. The summed E-state index contributed by atoms with van der Waals surface area (Å²) in [4.78, 5) is 13.5. The largest absolute Gasteiger partial charge is 0.339 e. The fourth-order valence-electron chi connectivity index (χ4n) is 1.68. The van der Waals surface area contributed by atoms with E-state index < -0.39 is 9.05 Å². The number of carbonyl (C=O) groups excluding carboxylic acids is 1. The molecule has 1 aromatic carbocycles. The number of amides is 1. The number of benzene rings is 1. The van der Waals surface area contributed by atoms with Gasteiger partial charge in [-0.2, -0.15) is 0 Å². The van der Waals surface area contributed by atoms with Crippen molar-refractivity contribution >= 4 is 48.8 Å². The van der Waals surface area contributed by atoms with Crippen LogP contribution in [0.4, 0.5) is 0 Å². The fraction of sp³-hybridized carbons (Fsp3) is 0.364. The van der Waals surface area contributed by atoms with Crippen molar-refractivity contribution in [3.05, 3.63) is 27.7 Å². The number of carbonyl (C=O) groups is 1. The van der Waals surface area contributed by atoms with E-state index in [1.807, 2.05) is 0 Å². The van der Waals surface area contributed by atoms with Crippen molar-refractivity contribution in [3.8, 4) is 0 Å². The zero-order valence-corrected chi connectivity index (χ0v) is 12.9. The van der Waals surface area contributed by atoms with Crippen molar-refractivity contribution < 1.29 is 13.2 Å². The summed E-state index contributed by atoms with van der Waals surface area (Å²) in [5.74, 6) is -0.364. The van der Waals surface area contributed by atoms with Gasteiger partial charge in [-0.25, -0.2) is 8.42 Å². The topological polar surface area (TPSA) is 54.5 Å². The molecule has 0 spiro atoms. The first-order chi connectivity index (χ1) is 8.71. The SMILES string of the molecule is CN(C(=O)c1cc(S(=O)(=O)Cl)cc(Cl)c1Cl)C1CC1. The summed E-state index contributed by atoms with van der Waals surface area (Å²) in [5.41, 5.74) is 0.0443. The fourth-order valence-corrected chi connectivity index (χ4v) is 2.94. The molecule has 0 unspecified atom stereocenters. The molecule has 0 radical (unpaired) electrons. The van der Waals surface area contributed by atoms with Crippen molar-refractivity contribution in [1.29, 1.82) is 0 Å². The lowest BCUT2D eigenvalue weighted by molar-refractivity contribution is 0.0785. The van der Waals surface area contributed by atoms with Gasteiger partial charge in [-0.05, 0) is 25.0 Å². The molecule has 0 atom stereocenters. The number of halogens is 3. The van der Waals surface area contributed by atoms with Gasteiger partial charge in [0.15, 0.2) is 0 Å². The molecule has 2 rings (SSSR count). The second kappa shape index (κ2) is 5.13. The molecular formula is C11H10Cl3NO3S. The molecule has 1 aromatic rings. The van der Waals surface area contributed by atoms with Crippen LogP contribution in [0.25, 0.3) is 0 Å². The quantitative estimate of drug-likeness (QED) is 0.793. The minimum atomic E-state index is -3.97. The van der Waals surface area contributed by atoms with Crippen LogP contribution in [0, 0.1) is 0 Å². The summed E-state index contributed by atoms with van der Waals surface area (Å²) in [6, 6.07) is 2.45. The van der Waals surface area contributed by atoms with Crippen molar-refractivity contribution in [1.82, 2.24) is 4.90 Å². The van der Waals surface area contributed by atoms with Crippen molar-refractivity contribution in [2.24, 2.45) is 0 Å². The van der Waals surface area contributed by atoms with Gasteiger partial charge in [0.05, 0.1) is 20.5 Å². The first-order valence-corrected chi connectivity index (χ1v) is 8.49. The average Bonchev–Trinajstić information content (AvgIpc) is 3.13. The summed E-state index contributed by atoms with van der Waals surface area (Å²) < 4.78 is 22.7. The Morgan fingerprint density at radius 2 is 1.89 bits per heavy atom. The van der Waals surface area contributed by atoms with Crippen LogP contribution in [-0.4, -0.2) is 32.3 Å². The van der Waals surface area contributed by atoms with Crippen LogP contribution >= 0.6 is 33.9 Å². The van der Waals surface area contributed by atoms with Gasteiger partial charge < -0.3 is 4.90 Å². The highest BCUT2D eigenvalue weighted by atomic mass is 35.7. The second-order valence-corrected chi connectivity index (χ2v) is 7.70. The number of rotatable bonds is 3. The van der Waals surface area contributed by atoms with E-state index in [9.17, 15) is 13.2 Å². The molecule has 1 aliphatic rings. The minimum absolute atomic E-state index is 0.0176. The maximum atomic E-state index is 12.2. The predicted molar refractivity (Wildman–Crippen MR) is 74.6 cm³/mol. The van der Waals surface area contributed by atoms with Crippen LogP contribution in [0.2, 0.25) is 10.0 Å². The zero-order chi connectivity index (χ0) is 14.4. The van der Waals surface area contributed by atoms with Gasteiger partial charge in [-0.1, -0.05) is 23.2 Å². The van der Waals surface area contributed by atoms with Gasteiger partial charge in [0.25, 0.3) is 15.0 Å².